The summed E-state index contributed by atoms with van der Waals surface area (Å²) in [7, 11) is 0. The molecule has 11 heavy (non-hydrogen) atoms. The van der Waals surface area contributed by atoms with Crippen LogP contribution in [0.25, 0.3) is 0 Å². The summed E-state index contributed by atoms with van der Waals surface area (Å²) in [4.78, 5) is 10.1. The number of rotatable bonds is 3. The molecule has 0 aliphatic heterocycles. The fourth-order valence-corrected chi connectivity index (χ4v) is 0.360. The Kier molecular flexibility index (Phi) is 14.4. The molecule has 0 bridgehead atoms. The first kappa shape index (κ1) is 13.1. The molecule has 0 amide bonds. The Morgan fingerprint density at radius 1 is 1.45 bits per heavy atom. The van der Waals surface area contributed by atoms with Gasteiger partial charge in [0.15, 0.2) is 0 Å². The number of carbonyl (C=O) groups is 1. The normalized spacial score (nSPS) is 8.00. The summed E-state index contributed by atoms with van der Waals surface area (Å²) in [5, 5.41) is 7.57. The maximum atomic E-state index is 10.1. The molecule has 0 aliphatic carbocycles. The van der Waals surface area contributed by atoms with Gasteiger partial charge in [-0.2, -0.15) is 0 Å². The highest BCUT2D eigenvalue weighted by Gasteiger charge is 1.88. The zero-order valence-corrected chi connectivity index (χ0v) is 7.59. The van der Waals surface area contributed by atoms with Crippen LogP contribution in [-0.4, -0.2) is 24.3 Å². The summed E-state index contributed by atoms with van der Waals surface area (Å²) >= 11 is 0. The van der Waals surface area contributed by atoms with E-state index in [-0.39, 0.29) is 12.6 Å². The van der Waals surface area contributed by atoms with Gasteiger partial charge in [0.1, 0.15) is 0 Å². The predicted octanol–water partition coefficient (Wildman–Crippen LogP) is 1.35. The van der Waals surface area contributed by atoms with Crippen molar-refractivity contribution >= 4 is 5.97 Å². The van der Waals surface area contributed by atoms with E-state index in [4.69, 9.17) is 5.11 Å². The number of hydrogen-bond donors (Lipinski definition) is 1. The maximum Gasteiger partial charge on any atom is 0.302 e. The Morgan fingerprint density at radius 2 is 1.91 bits per heavy atom. The molecule has 0 unspecified atom stereocenters. The monoisotopic (exact) mass is 162 g/mol. The Balaban J connectivity index is 0. The van der Waals surface area contributed by atoms with Gasteiger partial charge in [-0.05, 0) is 13.3 Å². The van der Waals surface area contributed by atoms with Crippen molar-refractivity contribution in [2.45, 2.75) is 33.6 Å². The lowest BCUT2D eigenvalue weighted by atomic mass is 10.4. The standard InChI is InChI=1S/C6H12O2.C2H6O/c1-3-4-5-8-6(2)7;1-2-3/h3-5H2,1-2H3;3H,2H2,1H3. The summed E-state index contributed by atoms with van der Waals surface area (Å²) in [6.07, 6.45) is 2.05. The average Bonchev–Trinajstić information content (AvgIpc) is 1.89. The molecule has 3 heteroatoms. The van der Waals surface area contributed by atoms with E-state index < -0.39 is 0 Å². The first-order valence-corrected chi connectivity index (χ1v) is 3.93. The minimum atomic E-state index is -0.182. The van der Waals surface area contributed by atoms with Crippen LogP contribution in [0.1, 0.15) is 33.6 Å². The molecule has 0 aromatic heterocycles. The van der Waals surface area contributed by atoms with Crippen molar-refractivity contribution in [3.8, 4) is 0 Å². The zero-order valence-electron chi connectivity index (χ0n) is 7.59. The number of aliphatic hydroxyl groups excluding tert-OH is 1. The van der Waals surface area contributed by atoms with Crippen LogP contribution >= 0.6 is 0 Å². The van der Waals surface area contributed by atoms with Crippen LogP contribution in [0.4, 0.5) is 0 Å². The number of ether oxygens (including phenoxy) is 1. The van der Waals surface area contributed by atoms with Crippen LogP contribution < -0.4 is 0 Å². The number of unbranched alkanes of at least 4 members (excludes halogenated alkanes) is 1. The molecule has 0 radical (unpaired) electrons. The van der Waals surface area contributed by atoms with Crippen molar-refractivity contribution in [3.63, 3.8) is 0 Å². The van der Waals surface area contributed by atoms with Gasteiger partial charge in [-0.15, -0.1) is 0 Å². The lowest BCUT2D eigenvalue weighted by Gasteiger charge is -1.96. The third-order valence-electron chi connectivity index (χ3n) is 0.803. The average molecular weight is 162 g/mol. The fraction of sp³-hybridized carbons (Fsp3) is 0.875. The van der Waals surface area contributed by atoms with E-state index in [2.05, 4.69) is 11.7 Å². The van der Waals surface area contributed by atoms with Crippen LogP contribution in [0, 0.1) is 0 Å². The summed E-state index contributed by atoms with van der Waals surface area (Å²) < 4.78 is 4.64. The van der Waals surface area contributed by atoms with Gasteiger partial charge in [0.05, 0.1) is 6.61 Å². The van der Waals surface area contributed by atoms with Gasteiger partial charge >= 0.3 is 5.97 Å². The van der Waals surface area contributed by atoms with E-state index in [1.165, 1.54) is 6.92 Å². The topological polar surface area (TPSA) is 46.5 Å². The predicted molar refractivity (Wildman–Crippen MR) is 44.3 cm³/mol. The van der Waals surface area contributed by atoms with Crippen LogP contribution in [0.3, 0.4) is 0 Å². The van der Waals surface area contributed by atoms with Gasteiger partial charge in [-0.25, -0.2) is 0 Å². The molecule has 68 valence electrons. The molecule has 0 aromatic carbocycles. The van der Waals surface area contributed by atoms with Crippen molar-refractivity contribution in [1.29, 1.82) is 0 Å². The lowest BCUT2D eigenvalue weighted by molar-refractivity contribution is -0.141. The summed E-state index contributed by atoms with van der Waals surface area (Å²) in [6.45, 7) is 5.99. The zero-order chi connectivity index (χ0) is 9.11. The highest BCUT2D eigenvalue weighted by atomic mass is 16.5. The van der Waals surface area contributed by atoms with Gasteiger partial charge < -0.3 is 9.84 Å². The molecule has 3 nitrogen and oxygen atoms in total. The van der Waals surface area contributed by atoms with Gasteiger partial charge in [0, 0.05) is 13.5 Å². The van der Waals surface area contributed by atoms with Crippen molar-refractivity contribution in [2.75, 3.05) is 13.2 Å². The molecule has 0 atom stereocenters. The second-order valence-corrected chi connectivity index (χ2v) is 2.01. The maximum absolute atomic E-state index is 10.1. The second kappa shape index (κ2) is 12.1. The number of aliphatic hydroxyl groups is 1. The van der Waals surface area contributed by atoms with Gasteiger partial charge in [0.2, 0.25) is 0 Å². The van der Waals surface area contributed by atoms with Crippen molar-refractivity contribution in [1.82, 2.24) is 0 Å². The quantitative estimate of drug-likeness (QED) is 0.503. The molecule has 0 fully saturated rings. The summed E-state index contributed by atoms with van der Waals surface area (Å²) in [6, 6.07) is 0. The third kappa shape index (κ3) is 26.5. The third-order valence-corrected chi connectivity index (χ3v) is 0.803. The Labute approximate surface area is 68.4 Å². The largest absolute Gasteiger partial charge is 0.466 e. The highest BCUT2D eigenvalue weighted by molar-refractivity contribution is 5.65. The molecular formula is C8H18O3. The van der Waals surface area contributed by atoms with E-state index in [0.717, 1.165) is 12.8 Å². The van der Waals surface area contributed by atoms with Crippen LogP contribution in [0.2, 0.25) is 0 Å². The first-order chi connectivity index (χ1) is 5.18. The van der Waals surface area contributed by atoms with E-state index in [1.54, 1.807) is 6.92 Å². The summed E-state index contributed by atoms with van der Waals surface area (Å²) in [5.74, 6) is -0.182. The molecule has 0 heterocycles. The second-order valence-electron chi connectivity index (χ2n) is 2.01. The molecule has 0 rings (SSSR count). The Bertz CT molecular complexity index is 81.4. The minimum Gasteiger partial charge on any atom is -0.466 e. The molecule has 0 spiro atoms. The van der Waals surface area contributed by atoms with Crippen molar-refractivity contribution in [3.05, 3.63) is 0 Å². The first-order valence-electron chi connectivity index (χ1n) is 3.93. The number of hydrogen-bond acceptors (Lipinski definition) is 3. The molecule has 1 N–H and O–H groups in total. The van der Waals surface area contributed by atoms with Crippen LogP contribution in [-0.2, 0) is 9.53 Å². The van der Waals surface area contributed by atoms with Gasteiger partial charge in [0.25, 0.3) is 0 Å². The molecular weight excluding hydrogens is 144 g/mol. The van der Waals surface area contributed by atoms with E-state index in [1.807, 2.05) is 0 Å². The van der Waals surface area contributed by atoms with Crippen LogP contribution in [0.5, 0.6) is 0 Å². The van der Waals surface area contributed by atoms with E-state index >= 15 is 0 Å². The van der Waals surface area contributed by atoms with Gasteiger partial charge in [-0.1, -0.05) is 13.3 Å². The highest BCUT2D eigenvalue weighted by Crippen LogP contribution is 1.86. The van der Waals surface area contributed by atoms with E-state index in [9.17, 15) is 4.79 Å². The van der Waals surface area contributed by atoms with Crippen LogP contribution in [0.15, 0.2) is 0 Å². The fourth-order valence-electron chi connectivity index (χ4n) is 0.360. The van der Waals surface area contributed by atoms with E-state index in [0.29, 0.717) is 6.61 Å². The van der Waals surface area contributed by atoms with Gasteiger partial charge in [-0.3, -0.25) is 4.79 Å². The van der Waals surface area contributed by atoms with Crippen molar-refractivity contribution in [2.24, 2.45) is 0 Å². The smallest absolute Gasteiger partial charge is 0.302 e. The molecule has 0 saturated heterocycles. The lowest BCUT2D eigenvalue weighted by Crippen LogP contribution is -1.99. The SMILES string of the molecule is CCCCOC(C)=O.CCO. The molecule has 0 aromatic rings. The molecule has 0 saturated carbocycles. The number of esters is 1. The summed E-state index contributed by atoms with van der Waals surface area (Å²) in [5.41, 5.74) is 0. The Hall–Kier alpha value is -0.570. The molecule has 0 aliphatic rings. The number of carbonyl (C=O) groups excluding carboxylic acids is 1. The minimum absolute atomic E-state index is 0.182. The van der Waals surface area contributed by atoms with Crippen molar-refractivity contribution < 1.29 is 14.6 Å². The Morgan fingerprint density at radius 3 is 2.18 bits per heavy atom.